The average molecular weight is 478 g/mol. The molecule has 171 valence electrons. The zero-order valence-electron chi connectivity index (χ0n) is 11.5. The second-order valence-electron chi connectivity index (χ2n) is 0.816. The maximum Gasteiger partial charge on any atom is 3.00 e. The van der Waals surface area contributed by atoms with E-state index >= 15 is 0 Å². The van der Waals surface area contributed by atoms with E-state index in [0.29, 0.717) is 0 Å². The minimum atomic E-state index is -5.17. The molecule has 0 aromatic rings. The molecule has 24 heteroatoms. The van der Waals surface area contributed by atoms with Crippen molar-refractivity contribution in [1.29, 1.82) is 0 Å². The fourth-order valence-corrected chi connectivity index (χ4v) is 0. The molecule has 0 aromatic carbocycles. The second-order valence-corrected chi connectivity index (χ2v) is 2.45. The van der Waals surface area contributed by atoms with Gasteiger partial charge in [-0.25, -0.2) is 0 Å². The first-order valence-electron chi connectivity index (χ1n) is 1.33. The average Bonchev–Trinajstić information content (AvgIpc) is 1.12. The van der Waals surface area contributed by atoms with Crippen LogP contribution in [0.3, 0.4) is 0 Å². The van der Waals surface area contributed by atoms with E-state index in [1.165, 1.54) is 0 Å². The number of rotatable bonds is 0. The smallest absolute Gasteiger partial charge is 0.759 e. The Morgan fingerprint density at radius 1 is 0.375 bits per heavy atom. The third kappa shape index (κ3) is 153000. The molecule has 0 saturated heterocycles. The first-order valence-corrected chi connectivity index (χ1v) is 4.00. The van der Waals surface area contributed by atoms with Crippen LogP contribution in [0.25, 0.3) is 0 Å². The van der Waals surface area contributed by atoms with E-state index in [0.717, 1.165) is 0 Å². The van der Waals surface area contributed by atoms with Crippen LogP contribution in [0.4, 0.5) is 0 Å². The summed E-state index contributed by atoms with van der Waals surface area (Å²) in [6.45, 7) is 0. The Kier molecular flexibility index (Phi) is 664. The molecule has 0 amide bonds. The Morgan fingerprint density at radius 2 is 0.375 bits per heavy atom. The molecule has 0 heterocycles. The van der Waals surface area contributed by atoms with Crippen LogP contribution in [0.5, 0.6) is 0 Å². The zero-order valence-corrected chi connectivity index (χ0v) is 14.4. The van der Waals surface area contributed by atoms with E-state index in [1.807, 2.05) is 0 Å². The van der Waals surface area contributed by atoms with E-state index in [9.17, 15) is 0 Å². The van der Waals surface area contributed by atoms with Gasteiger partial charge in [-0.15, -0.1) is 0 Å². The quantitative estimate of drug-likeness (QED) is 0.256. The van der Waals surface area contributed by atoms with Gasteiger partial charge >= 0.3 is 17.4 Å². The maximum absolute atomic E-state index is 8.52. The molecule has 1 radical (unpaired) electrons. The molecule has 0 aliphatic rings. The van der Waals surface area contributed by atoms with Crippen LogP contribution in [0.2, 0.25) is 0 Å². The topological polar surface area (TPSA) is 575 Å². The molecule has 28 N–H and O–H groups in total. The van der Waals surface area contributed by atoms with Gasteiger partial charge in [0.15, 0.2) is 0 Å². The van der Waals surface area contributed by atoms with Crippen molar-refractivity contribution >= 4 is 20.8 Å². The van der Waals surface area contributed by atoms with Crippen molar-refractivity contribution < 1.29 is 118 Å². The molecule has 0 aromatic heterocycles. The van der Waals surface area contributed by atoms with Crippen molar-refractivity contribution in [3.63, 3.8) is 0 Å². The summed E-state index contributed by atoms with van der Waals surface area (Å²) < 4.78 is 68.2. The zero-order chi connectivity index (χ0) is 9.00. The molecule has 21 nitrogen and oxygen atoms in total. The van der Waals surface area contributed by atoms with Gasteiger partial charge in [0, 0.05) is 20.8 Å². The van der Waals surface area contributed by atoms with Crippen LogP contribution in [-0.2, 0) is 38.2 Å². The normalized spacial score (nSPS) is 4.83. The third-order valence-electron chi connectivity index (χ3n) is 0. The van der Waals surface area contributed by atoms with Crippen molar-refractivity contribution in [1.82, 2.24) is 6.15 Å². The van der Waals surface area contributed by atoms with Crippen molar-refractivity contribution in [2.45, 2.75) is 0 Å². The molecule has 0 aliphatic heterocycles. The number of hydrogen-bond acceptors (Lipinski definition) is 8. The van der Waals surface area contributed by atoms with Gasteiger partial charge in [0.25, 0.3) is 0 Å². The number of quaternary nitrogens is 1. The molecule has 0 atom stereocenters. The number of hydrogen-bond donors (Lipinski definition) is 1. The van der Waals surface area contributed by atoms with Gasteiger partial charge in [-0.2, -0.15) is 0 Å². The van der Waals surface area contributed by atoms with E-state index in [1.54, 1.807) is 0 Å². The van der Waals surface area contributed by atoms with E-state index < -0.39 is 20.8 Å². The van der Waals surface area contributed by atoms with Crippen molar-refractivity contribution in [3.8, 4) is 0 Å². The van der Waals surface area contributed by atoms with Gasteiger partial charge < -0.3 is 90.1 Å². The van der Waals surface area contributed by atoms with E-state index in [4.69, 9.17) is 35.0 Å². The van der Waals surface area contributed by atoms with E-state index in [-0.39, 0.29) is 89.2 Å². The SMILES string of the molecule is O.O.O.O.O.O.O.O.O.O.O.O.O=S(=O)([O-])[O-].O=S(=O)([O-])[O-].[Cr+3].[NH4+]. The Labute approximate surface area is 145 Å². The van der Waals surface area contributed by atoms with Crippen molar-refractivity contribution in [2.75, 3.05) is 0 Å². The first-order chi connectivity index (χ1) is 4.00. The van der Waals surface area contributed by atoms with Crippen LogP contribution in [0.15, 0.2) is 0 Å². The van der Waals surface area contributed by atoms with Crippen molar-refractivity contribution in [2.24, 2.45) is 0 Å². The monoisotopic (exact) mass is 478 g/mol. The third-order valence-corrected chi connectivity index (χ3v) is 0. The summed E-state index contributed by atoms with van der Waals surface area (Å²) in [5.41, 5.74) is 0. The minimum Gasteiger partial charge on any atom is -0.759 e. The molecule has 0 fully saturated rings. The van der Waals surface area contributed by atoms with Crippen LogP contribution in [0.1, 0.15) is 0 Å². The van der Waals surface area contributed by atoms with Gasteiger partial charge in [0.2, 0.25) is 0 Å². The molecule has 0 bridgehead atoms. The summed E-state index contributed by atoms with van der Waals surface area (Å²) in [5, 5.41) is 0. The fraction of sp³-hybridized carbons (Fsp3) is 0. The van der Waals surface area contributed by atoms with Crippen LogP contribution < -0.4 is 6.15 Å². The summed E-state index contributed by atoms with van der Waals surface area (Å²) in [6, 6.07) is 0. The minimum absolute atomic E-state index is 0. The predicted molar refractivity (Wildman–Crippen MR) is 70.3 cm³/mol. The van der Waals surface area contributed by atoms with Crippen molar-refractivity contribution in [3.05, 3.63) is 0 Å². The molecule has 0 spiro atoms. The molecule has 0 aliphatic carbocycles. The largest absolute Gasteiger partial charge is 3.00 e. The Balaban J connectivity index is -0.00000000241. The summed E-state index contributed by atoms with van der Waals surface area (Å²) in [4.78, 5) is 0. The molecular weight excluding hydrogens is 450 g/mol. The standard InChI is InChI=1S/Cr.H3N.2H2O4S.12H2O/c;;2*1-5(2,3)4;;;;;;;;;;;;/h;1H3;2*(H2,1,2,3,4);12*1H2/q+3;;;;;;;;;;;;;;;/p-3. The second kappa shape index (κ2) is 77.9. The van der Waals surface area contributed by atoms with Crippen LogP contribution >= 0.6 is 0 Å². The summed E-state index contributed by atoms with van der Waals surface area (Å²) in [7, 11) is -10.3. The molecule has 0 rings (SSSR count). The van der Waals surface area contributed by atoms with Gasteiger partial charge in [0.1, 0.15) is 0 Å². The van der Waals surface area contributed by atoms with E-state index in [2.05, 4.69) is 0 Å². The Morgan fingerprint density at radius 3 is 0.375 bits per heavy atom. The fourth-order valence-electron chi connectivity index (χ4n) is 0. The molecule has 24 heavy (non-hydrogen) atoms. The Hall–Kier alpha value is -0.248. The van der Waals surface area contributed by atoms with Crippen LogP contribution in [-0.4, -0.2) is 101 Å². The van der Waals surface area contributed by atoms with Gasteiger partial charge in [-0.05, 0) is 0 Å². The van der Waals surface area contributed by atoms with Crippen LogP contribution in [0, 0.1) is 0 Å². The summed E-state index contributed by atoms with van der Waals surface area (Å²) in [5.74, 6) is 0. The molecular formula is H28CrNO20S2. The summed E-state index contributed by atoms with van der Waals surface area (Å²) >= 11 is 0. The first kappa shape index (κ1) is 205. The Bertz CT molecular complexity index is 218. The van der Waals surface area contributed by atoms with Gasteiger partial charge in [-0.3, -0.25) is 16.8 Å². The predicted octanol–water partition coefficient (Wildman–Crippen LogP) is -12.2. The van der Waals surface area contributed by atoms with Gasteiger partial charge in [0.05, 0.1) is 0 Å². The van der Waals surface area contributed by atoms with Gasteiger partial charge in [-0.1, -0.05) is 0 Å². The molecule has 0 saturated carbocycles. The maximum atomic E-state index is 8.52. The molecule has 0 unspecified atom stereocenters. The summed E-state index contributed by atoms with van der Waals surface area (Å²) in [6.07, 6.45) is 0.